The van der Waals surface area contributed by atoms with Crippen LogP contribution in [0.2, 0.25) is 5.15 Å². The van der Waals surface area contributed by atoms with Gasteiger partial charge >= 0.3 is 0 Å². The number of aryl methyl sites for hydroxylation is 2. The highest BCUT2D eigenvalue weighted by Crippen LogP contribution is 2.65. The maximum absolute atomic E-state index is 15.2. The minimum absolute atomic E-state index is 0.0441. The van der Waals surface area contributed by atoms with Gasteiger partial charge in [-0.05, 0) is 54.8 Å². The summed E-state index contributed by atoms with van der Waals surface area (Å²) in [5.74, 6) is 1.02. The predicted molar refractivity (Wildman–Crippen MR) is 182 cm³/mol. The van der Waals surface area contributed by atoms with Crippen molar-refractivity contribution < 1.29 is 4.79 Å². The molecule has 2 aromatic heterocycles. The molecule has 1 unspecified atom stereocenters. The Labute approximate surface area is 270 Å². The third kappa shape index (κ3) is 3.73. The van der Waals surface area contributed by atoms with Crippen molar-refractivity contribution >= 4 is 51.1 Å². The van der Waals surface area contributed by atoms with Crippen LogP contribution in [-0.2, 0) is 5.54 Å². The molecular weight excluding hydrogens is 596 g/mol. The lowest BCUT2D eigenvalue weighted by molar-refractivity contribution is 0.0795. The molecule has 4 atom stereocenters. The van der Waals surface area contributed by atoms with E-state index in [0.717, 1.165) is 67.2 Å². The Bertz CT molecular complexity index is 2200. The molecule has 2 fully saturated rings. The summed E-state index contributed by atoms with van der Waals surface area (Å²) in [7, 11) is 0. The number of fused-ring (bicyclic) bond motifs is 9. The highest BCUT2D eigenvalue weighted by atomic mass is 35.5. The zero-order chi connectivity index (χ0) is 30.4. The molecule has 4 aromatic carbocycles. The van der Waals surface area contributed by atoms with Crippen molar-refractivity contribution in [1.82, 2.24) is 19.9 Å². The van der Waals surface area contributed by atoms with Crippen LogP contribution >= 0.6 is 23.4 Å². The maximum atomic E-state index is 15.2. The highest BCUT2D eigenvalue weighted by molar-refractivity contribution is 7.99. The Morgan fingerprint density at radius 1 is 0.889 bits per heavy atom. The van der Waals surface area contributed by atoms with Crippen LogP contribution < -0.4 is 0 Å². The molecule has 1 spiro atoms. The average molecular weight is 625 g/mol. The number of thioether (sulfide) groups is 1. The van der Waals surface area contributed by atoms with E-state index >= 15 is 4.79 Å². The van der Waals surface area contributed by atoms with E-state index in [1.54, 1.807) is 0 Å². The van der Waals surface area contributed by atoms with Gasteiger partial charge in [-0.3, -0.25) is 9.69 Å². The van der Waals surface area contributed by atoms with E-state index in [0.29, 0.717) is 10.7 Å². The normalized spacial score (nSPS) is 23.5. The van der Waals surface area contributed by atoms with Gasteiger partial charge in [-0.15, -0.1) is 11.8 Å². The summed E-state index contributed by atoms with van der Waals surface area (Å²) in [4.78, 5) is 33.4. The van der Waals surface area contributed by atoms with E-state index in [9.17, 15) is 0 Å². The van der Waals surface area contributed by atoms with Crippen molar-refractivity contribution in [2.45, 2.75) is 31.3 Å². The van der Waals surface area contributed by atoms with Crippen molar-refractivity contribution in [2.24, 2.45) is 5.92 Å². The first-order valence-electron chi connectivity index (χ1n) is 15.3. The first-order chi connectivity index (χ1) is 22.0. The fourth-order valence-electron chi connectivity index (χ4n) is 8.39. The minimum atomic E-state index is -0.824. The number of halogens is 1. The van der Waals surface area contributed by atoms with Crippen molar-refractivity contribution in [2.75, 3.05) is 11.6 Å². The summed E-state index contributed by atoms with van der Waals surface area (Å²) < 4.78 is 0. The molecule has 6 aromatic rings. The van der Waals surface area contributed by atoms with Crippen molar-refractivity contribution in [3.63, 3.8) is 0 Å². The fraction of sp³-hybridized carbons (Fsp3) is 0.211. The third-order valence-electron chi connectivity index (χ3n) is 10.1. The van der Waals surface area contributed by atoms with E-state index in [2.05, 4.69) is 61.2 Å². The zero-order valence-electron chi connectivity index (χ0n) is 24.9. The molecule has 0 bridgehead atoms. The molecule has 2 saturated heterocycles. The predicted octanol–water partition coefficient (Wildman–Crippen LogP) is 8.34. The Balaban J connectivity index is 1.39. The van der Waals surface area contributed by atoms with Crippen LogP contribution in [0.25, 0.3) is 33.2 Å². The van der Waals surface area contributed by atoms with Gasteiger partial charge in [0.15, 0.2) is 5.78 Å². The molecule has 7 heteroatoms. The largest absolute Gasteiger partial charge is 0.294 e. The summed E-state index contributed by atoms with van der Waals surface area (Å²) in [5.41, 5.74) is 9.51. The Morgan fingerprint density at radius 2 is 1.62 bits per heavy atom. The number of para-hydroxylation sites is 2. The fourth-order valence-corrected chi connectivity index (χ4v) is 9.98. The minimum Gasteiger partial charge on any atom is -0.294 e. The van der Waals surface area contributed by atoms with E-state index in [-0.39, 0.29) is 17.7 Å². The summed E-state index contributed by atoms with van der Waals surface area (Å²) in [6.07, 6.45) is 0. The Kier molecular flexibility index (Phi) is 6.02. The van der Waals surface area contributed by atoms with Gasteiger partial charge in [-0.2, -0.15) is 0 Å². The Hall–Kier alpha value is -4.10. The summed E-state index contributed by atoms with van der Waals surface area (Å²) in [6, 6.07) is 32.8. The number of carbonyl (C=O) groups excluding carboxylic acids is 1. The molecule has 0 N–H and O–H groups in total. The zero-order valence-corrected chi connectivity index (χ0v) is 26.4. The van der Waals surface area contributed by atoms with Gasteiger partial charge in [-0.25, -0.2) is 15.0 Å². The topological polar surface area (TPSA) is 59.0 Å². The molecule has 0 saturated carbocycles. The van der Waals surface area contributed by atoms with Crippen LogP contribution in [-0.4, -0.2) is 43.3 Å². The lowest BCUT2D eigenvalue weighted by Gasteiger charge is -2.39. The van der Waals surface area contributed by atoms with Gasteiger partial charge in [0.25, 0.3) is 0 Å². The molecule has 2 aliphatic heterocycles. The Morgan fingerprint density at radius 3 is 2.44 bits per heavy atom. The smallest absolute Gasteiger partial charge is 0.169 e. The SMILES string of the molecule is Cc1cc(C)c2nc(Cl)c([C@@H]3[C@@H](C(=O)c4ccccc4)C4(c5ccccc5-c5nc6ccccc6nc54)N4CSC[C@@H]34)cc2c1. The second-order valence-corrected chi connectivity index (χ2v) is 13.9. The number of rotatable bonds is 3. The third-order valence-corrected chi connectivity index (χ3v) is 11.4. The molecule has 4 heterocycles. The van der Waals surface area contributed by atoms with Crippen LogP contribution in [0.3, 0.4) is 0 Å². The molecule has 220 valence electrons. The lowest BCUT2D eigenvalue weighted by atomic mass is 9.69. The second-order valence-electron chi connectivity index (χ2n) is 12.5. The number of carbonyl (C=O) groups is 1. The van der Waals surface area contributed by atoms with Gasteiger partial charge in [0, 0.05) is 40.1 Å². The van der Waals surface area contributed by atoms with Crippen LogP contribution in [0.4, 0.5) is 0 Å². The molecule has 9 rings (SSSR count). The first-order valence-corrected chi connectivity index (χ1v) is 16.9. The van der Waals surface area contributed by atoms with Gasteiger partial charge in [0.1, 0.15) is 10.7 Å². The van der Waals surface area contributed by atoms with E-state index < -0.39 is 11.5 Å². The van der Waals surface area contributed by atoms with Gasteiger partial charge in [0.2, 0.25) is 0 Å². The molecule has 3 aliphatic rings. The summed E-state index contributed by atoms with van der Waals surface area (Å²) in [5, 5.41) is 1.52. The van der Waals surface area contributed by atoms with Gasteiger partial charge in [-0.1, -0.05) is 90.0 Å². The summed E-state index contributed by atoms with van der Waals surface area (Å²) >= 11 is 9.10. The molecular formula is C38H29ClN4OS. The number of pyridine rings is 1. The molecule has 1 aliphatic carbocycles. The first kappa shape index (κ1) is 27.2. The second kappa shape index (κ2) is 9.95. The molecule has 0 radical (unpaired) electrons. The van der Waals surface area contributed by atoms with E-state index in [4.69, 9.17) is 26.6 Å². The number of Topliss-reactive ketones (excluding diaryl/α,β-unsaturated/α-hetero) is 1. The number of nitrogens with zero attached hydrogens (tertiary/aromatic N) is 4. The van der Waals surface area contributed by atoms with Crippen molar-refractivity contribution in [3.05, 3.63) is 136 Å². The van der Waals surface area contributed by atoms with Crippen molar-refractivity contribution in [1.29, 1.82) is 0 Å². The van der Waals surface area contributed by atoms with Gasteiger partial charge in [0.05, 0.1) is 33.9 Å². The number of benzene rings is 4. The van der Waals surface area contributed by atoms with Crippen molar-refractivity contribution in [3.8, 4) is 11.3 Å². The number of aromatic nitrogens is 3. The van der Waals surface area contributed by atoms with Gasteiger partial charge < -0.3 is 0 Å². The number of hydrogen-bond donors (Lipinski definition) is 0. The maximum Gasteiger partial charge on any atom is 0.169 e. The monoisotopic (exact) mass is 624 g/mol. The van der Waals surface area contributed by atoms with E-state index in [1.807, 2.05) is 66.4 Å². The van der Waals surface area contributed by atoms with Crippen LogP contribution in [0.1, 0.15) is 44.2 Å². The van der Waals surface area contributed by atoms with Crippen LogP contribution in [0, 0.1) is 19.8 Å². The summed E-state index contributed by atoms with van der Waals surface area (Å²) in [6.45, 7) is 4.19. The quantitative estimate of drug-likeness (QED) is 0.146. The number of ketones is 1. The molecule has 5 nitrogen and oxygen atoms in total. The highest BCUT2D eigenvalue weighted by Gasteiger charge is 2.68. The van der Waals surface area contributed by atoms with Crippen LogP contribution in [0.15, 0.2) is 97.1 Å². The standard InChI is InChI=1S/C38H29ClN4OS/c1-21-16-22(2)33-24(17-21)18-26(37(39)42-33)31-30-19-45-20-43(30)38(32(31)35(44)23-10-4-3-5-11-23)27-13-7-6-12-25(27)34-36(38)41-29-15-9-8-14-28(29)40-34/h3-18,30-32H,19-20H2,1-2H3/t30-,31-,32-,38?/m0/s1. The molecule has 0 amide bonds. The van der Waals surface area contributed by atoms with Crippen LogP contribution in [0.5, 0.6) is 0 Å². The number of hydrogen-bond acceptors (Lipinski definition) is 6. The van der Waals surface area contributed by atoms with E-state index in [1.165, 1.54) is 5.56 Å². The lowest BCUT2D eigenvalue weighted by Crippen LogP contribution is -2.48. The molecule has 45 heavy (non-hydrogen) atoms. The average Bonchev–Trinajstić information content (AvgIpc) is 3.72.